The summed E-state index contributed by atoms with van der Waals surface area (Å²) in [6.07, 6.45) is 0. The van der Waals surface area contributed by atoms with Crippen LogP contribution in [0.2, 0.25) is 0 Å². The van der Waals surface area contributed by atoms with Crippen molar-refractivity contribution in [3.63, 3.8) is 0 Å². The Labute approximate surface area is 161 Å². The third-order valence-corrected chi connectivity index (χ3v) is 5.86. The lowest BCUT2D eigenvalue weighted by Crippen LogP contribution is -2.40. The van der Waals surface area contributed by atoms with Crippen molar-refractivity contribution in [3.8, 4) is 0 Å². The number of thiocarbonyl (C=S) groups is 1. The van der Waals surface area contributed by atoms with Gasteiger partial charge in [-0.15, -0.1) is 11.3 Å². The Hall–Kier alpha value is -1.43. The molecular weight excluding hydrogens is 346 g/mol. The molecule has 1 heterocycles. The summed E-state index contributed by atoms with van der Waals surface area (Å²) in [5, 5.41) is 6.39. The number of nitrogens with one attached hydrogen (secondary N) is 1. The van der Waals surface area contributed by atoms with Gasteiger partial charge in [0.1, 0.15) is 0 Å². The number of benzene rings is 1. The van der Waals surface area contributed by atoms with E-state index >= 15 is 0 Å². The van der Waals surface area contributed by atoms with Gasteiger partial charge in [-0.3, -0.25) is 0 Å². The van der Waals surface area contributed by atoms with Gasteiger partial charge in [-0.1, -0.05) is 32.0 Å². The van der Waals surface area contributed by atoms with E-state index in [0.29, 0.717) is 0 Å². The summed E-state index contributed by atoms with van der Waals surface area (Å²) >= 11 is 7.54. The number of nitrogens with zero attached hydrogens (tertiary/aromatic N) is 2. The normalized spacial score (nSPS) is 10.9. The van der Waals surface area contributed by atoms with Crippen molar-refractivity contribution in [2.45, 2.75) is 34.2 Å². The number of thiophene rings is 1. The van der Waals surface area contributed by atoms with Crippen LogP contribution in [-0.2, 0) is 6.54 Å². The number of rotatable bonds is 8. The lowest BCUT2D eigenvalue weighted by Gasteiger charge is -2.29. The molecule has 0 fully saturated rings. The van der Waals surface area contributed by atoms with Crippen LogP contribution in [0.3, 0.4) is 0 Å². The maximum atomic E-state index is 5.76. The molecule has 2 aromatic rings. The first-order chi connectivity index (χ1) is 12.0. The fourth-order valence-corrected chi connectivity index (χ4v) is 3.71. The van der Waals surface area contributed by atoms with Crippen LogP contribution in [0, 0.1) is 13.8 Å². The van der Waals surface area contributed by atoms with Crippen molar-refractivity contribution < 1.29 is 0 Å². The van der Waals surface area contributed by atoms with E-state index in [2.05, 4.69) is 78.5 Å². The van der Waals surface area contributed by atoms with Crippen LogP contribution in [-0.4, -0.2) is 41.1 Å². The molecule has 0 atom stereocenters. The fraction of sp³-hybridized carbons (Fsp3) is 0.450. The average Bonchev–Trinajstić information content (AvgIpc) is 3.11. The van der Waals surface area contributed by atoms with Gasteiger partial charge in [0, 0.05) is 23.7 Å². The molecule has 0 radical (unpaired) electrons. The lowest BCUT2D eigenvalue weighted by atomic mass is 10.1. The van der Waals surface area contributed by atoms with Crippen LogP contribution >= 0.6 is 23.6 Å². The molecule has 1 aromatic heterocycles. The van der Waals surface area contributed by atoms with E-state index in [0.717, 1.165) is 43.5 Å². The Kier molecular flexibility index (Phi) is 7.88. The zero-order valence-electron chi connectivity index (χ0n) is 15.7. The van der Waals surface area contributed by atoms with E-state index in [1.165, 1.54) is 16.0 Å². The van der Waals surface area contributed by atoms with E-state index in [-0.39, 0.29) is 0 Å². The van der Waals surface area contributed by atoms with Gasteiger partial charge in [0.05, 0.1) is 6.54 Å². The molecule has 136 valence electrons. The largest absolute Gasteiger partial charge is 0.343 e. The second-order valence-electron chi connectivity index (χ2n) is 6.21. The first-order valence-corrected chi connectivity index (χ1v) is 10.2. The van der Waals surface area contributed by atoms with E-state index < -0.39 is 0 Å². The summed E-state index contributed by atoms with van der Waals surface area (Å²) in [6.45, 7) is 13.6. The second kappa shape index (κ2) is 9.90. The van der Waals surface area contributed by atoms with Crippen molar-refractivity contribution in [2.75, 3.05) is 31.5 Å². The predicted octanol–water partition coefficient (Wildman–Crippen LogP) is 4.91. The molecule has 1 N–H and O–H groups in total. The van der Waals surface area contributed by atoms with Crippen LogP contribution < -0.4 is 5.32 Å². The molecular formula is C20H29N3S2. The molecule has 0 amide bonds. The van der Waals surface area contributed by atoms with Crippen LogP contribution in [0.15, 0.2) is 35.7 Å². The zero-order chi connectivity index (χ0) is 18.2. The maximum Gasteiger partial charge on any atom is 0.173 e. The third-order valence-electron chi connectivity index (χ3n) is 4.64. The molecule has 0 aliphatic rings. The number of aryl methyl sites for hydroxylation is 1. The smallest absolute Gasteiger partial charge is 0.173 e. The number of hydrogen-bond acceptors (Lipinski definition) is 3. The van der Waals surface area contributed by atoms with Crippen molar-refractivity contribution in [1.82, 2.24) is 9.80 Å². The fourth-order valence-electron chi connectivity index (χ4n) is 2.73. The van der Waals surface area contributed by atoms with Gasteiger partial charge in [0.2, 0.25) is 0 Å². The Morgan fingerprint density at radius 3 is 2.48 bits per heavy atom. The summed E-state index contributed by atoms with van der Waals surface area (Å²) in [4.78, 5) is 6.05. The first kappa shape index (κ1) is 19.9. The van der Waals surface area contributed by atoms with Crippen LogP contribution in [0.25, 0.3) is 0 Å². The van der Waals surface area contributed by atoms with Crippen LogP contribution in [0.5, 0.6) is 0 Å². The molecule has 0 aliphatic heterocycles. The van der Waals surface area contributed by atoms with Gasteiger partial charge in [-0.05, 0) is 67.8 Å². The monoisotopic (exact) mass is 375 g/mol. The SMILES string of the molecule is CCN(CC)CCN(Cc1cccs1)C(=S)Nc1cccc(C)c1C. The van der Waals surface area contributed by atoms with E-state index in [9.17, 15) is 0 Å². The summed E-state index contributed by atoms with van der Waals surface area (Å²) in [5.74, 6) is 0. The standard InChI is InChI=1S/C20H29N3S2/c1-5-22(6-2)12-13-23(15-18-10-8-14-25-18)20(24)21-19-11-7-9-16(3)17(19)4/h7-11,14H,5-6,12-13,15H2,1-4H3,(H,21,24). The van der Waals surface area contributed by atoms with Crippen molar-refractivity contribution in [3.05, 3.63) is 51.7 Å². The zero-order valence-corrected chi connectivity index (χ0v) is 17.3. The van der Waals surface area contributed by atoms with Gasteiger partial charge in [-0.2, -0.15) is 0 Å². The lowest BCUT2D eigenvalue weighted by molar-refractivity contribution is 0.267. The highest BCUT2D eigenvalue weighted by atomic mass is 32.1. The molecule has 2 rings (SSSR count). The highest BCUT2D eigenvalue weighted by molar-refractivity contribution is 7.80. The number of likely N-dealkylation sites (N-methyl/N-ethyl adjacent to an activating group) is 1. The minimum Gasteiger partial charge on any atom is -0.343 e. The Balaban J connectivity index is 2.09. The average molecular weight is 376 g/mol. The van der Waals surface area contributed by atoms with Crippen LogP contribution in [0.1, 0.15) is 29.9 Å². The Morgan fingerprint density at radius 2 is 1.84 bits per heavy atom. The Bertz CT molecular complexity index is 664. The molecule has 0 bridgehead atoms. The van der Waals surface area contributed by atoms with Gasteiger partial charge in [0.25, 0.3) is 0 Å². The molecule has 0 spiro atoms. The summed E-state index contributed by atoms with van der Waals surface area (Å²) < 4.78 is 0. The van der Waals surface area contributed by atoms with Crippen LogP contribution in [0.4, 0.5) is 5.69 Å². The van der Waals surface area contributed by atoms with Gasteiger partial charge >= 0.3 is 0 Å². The number of hydrogen-bond donors (Lipinski definition) is 1. The Morgan fingerprint density at radius 1 is 1.08 bits per heavy atom. The molecule has 0 saturated carbocycles. The maximum absolute atomic E-state index is 5.76. The molecule has 3 nitrogen and oxygen atoms in total. The molecule has 0 aliphatic carbocycles. The van der Waals surface area contributed by atoms with Gasteiger partial charge < -0.3 is 15.1 Å². The van der Waals surface area contributed by atoms with Gasteiger partial charge in [0.15, 0.2) is 5.11 Å². The van der Waals surface area contributed by atoms with Crippen molar-refractivity contribution in [2.24, 2.45) is 0 Å². The topological polar surface area (TPSA) is 18.5 Å². The second-order valence-corrected chi connectivity index (χ2v) is 7.62. The molecule has 5 heteroatoms. The van der Waals surface area contributed by atoms with Crippen molar-refractivity contribution >= 4 is 34.4 Å². The highest BCUT2D eigenvalue weighted by Crippen LogP contribution is 2.19. The predicted molar refractivity (Wildman–Crippen MR) is 115 cm³/mol. The third kappa shape index (κ3) is 5.80. The summed E-state index contributed by atoms with van der Waals surface area (Å²) in [7, 11) is 0. The van der Waals surface area contributed by atoms with E-state index in [1.807, 2.05) is 0 Å². The van der Waals surface area contributed by atoms with E-state index in [1.54, 1.807) is 11.3 Å². The molecule has 25 heavy (non-hydrogen) atoms. The minimum atomic E-state index is 0.800. The molecule has 0 saturated heterocycles. The summed E-state index contributed by atoms with van der Waals surface area (Å²) in [5.41, 5.74) is 3.63. The first-order valence-electron chi connectivity index (χ1n) is 8.92. The minimum absolute atomic E-state index is 0.800. The van der Waals surface area contributed by atoms with E-state index in [4.69, 9.17) is 12.2 Å². The number of anilines is 1. The van der Waals surface area contributed by atoms with Crippen molar-refractivity contribution in [1.29, 1.82) is 0 Å². The highest BCUT2D eigenvalue weighted by Gasteiger charge is 2.14. The quantitative estimate of drug-likeness (QED) is 0.661. The van der Waals surface area contributed by atoms with Gasteiger partial charge in [-0.25, -0.2) is 0 Å². The summed E-state index contributed by atoms with van der Waals surface area (Å²) in [6, 6.07) is 10.6. The molecule has 1 aromatic carbocycles. The molecule has 0 unspecified atom stereocenters.